The highest BCUT2D eigenvalue weighted by Crippen LogP contribution is 2.22. The molecule has 0 atom stereocenters. The lowest BCUT2D eigenvalue weighted by Crippen LogP contribution is -2.24. The Morgan fingerprint density at radius 1 is 1.58 bits per heavy atom. The van der Waals surface area contributed by atoms with E-state index >= 15 is 0 Å². The molecule has 19 heavy (non-hydrogen) atoms. The summed E-state index contributed by atoms with van der Waals surface area (Å²) in [5.74, 6) is -1.25. The third kappa shape index (κ3) is 2.83. The second-order valence-corrected chi connectivity index (χ2v) is 6.42. The van der Waals surface area contributed by atoms with Crippen molar-refractivity contribution in [3.63, 3.8) is 0 Å². The van der Waals surface area contributed by atoms with Crippen molar-refractivity contribution in [2.75, 3.05) is 0 Å². The maximum absolute atomic E-state index is 12.0. The van der Waals surface area contributed by atoms with Crippen LogP contribution >= 0.6 is 11.3 Å². The third-order valence-electron chi connectivity index (χ3n) is 2.50. The van der Waals surface area contributed by atoms with E-state index in [4.69, 9.17) is 5.11 Å². The van der Waals surface area contributed by atoms with Gasteiger partial charge < -0.3 is 5.11 Å². The predicted molar refractivity (Wildman–Crippen MR) is 68.6 cm³/mol. The number of H-pyrrole nitrogens is 1. The highest BCUT2D eigenvalue weighted by molar-refractivity contribution is 7.89. The lowest BCUT2D eigenvalue weighted by molar-refractivity contribution is 0.0698. The van der Waals surface area contributed by atoms with Crippen molar-refractivity contribution in [2.45, 2.75) is 18.4 Å². The zero-order chi connectivity index (χ0) is 14.0. The van der Waals surface area contributed by atoms with Crippen LogP contribution in [0, 0.1) is 6.92 Å². The van der Waals surface area contributed by atoms with Crippen LogP contribution in [0.4, 0.5) is 0 Å². The van der Waals surface area contributed by atoms with Crippen LogP contribution in [0.2, 0.25) is 0 Å². The van der Waals surface area contributed by atoms with Gasteiger partial charge in [-0.15, -0.1) is 11.3 Å². The lowest BCUT2D eigenvalue weighted by Gasteiger charge is -2.05. The number of hydrogen-bond acceptors (Lipinski definition) is 5. The van der Waals surface area contributed by atoms with Crippen molar-refractivity contribution in [2.24, 2.45) is 0 Å². The van der Waals surface area contributed by atoms with E-state index in [1.807, 2.05) is 0 Å². The molecule has 2 heterocycles. The molecule has 2 aromatic rings. The third-order valence-corrected chi connectivity index (χ3v) is 4.98. The van der Waals surface area contributed by atoms with Crippen LogP contribution in [0.25, 0.3) is 0 Å². The molecule has 9 heteroatoms. The van der Waals surface area contributed by atoms with E-state index in [1.54, 1.807) is 6.92 Å². The maximum Gasteiger partial charge on any atom is 0.347 e. The van der Waals surface area contributed by atoms with Gasteiger partial charge in [-0.25, -0.2) is 17.9 Å². The topological polar surface area (TPSA) is 112 Å². The van der Waals surface area contributed by atoms with Crippen LogP contribution in [-0.2, 0) is 16.6 Å². The molecular weight excluding hydrogens is 290 g/mol. The van der Waals surface area contributed by atoms with E-state index in [-0.39, 0.29) is 16.3 Å². The predicted octanol–water partition coefficient (Wildman–Crippen LogP) is 0.956. The van der Waals surface area contributed by atoms with Crippen molar-refractivity contribution < 1.29 is 18.3 Å². The van der Waals surface area contributed by atoms with Crippen molar-refractivity contribution >= 4 is 27.3 Å². The van der Waals surface area contributed by atoms with E-state index in [1.165, 1.54) is 17.6 Å². The molecule has 0 aliphatic heterocycles. The number of aromatic amines is 1. The van der Waals surface area contributed by atoms with Crippen molar-refractivity contribution in [1.29, 1.82) is 0 Å². The van der Waals surface area contributed by atoms with Crippen LogP contribution in [0.5, 0.6) is 0 Å². The molecule has 3 N–H and O–H groups in total. The first-order chi connectivity index (χ1) is 8.92. The minimum absolute atomic E-state index is 0.0551. The molecule has 0 radical (unpaired) electrons. The number of sulfonamides is 1. The summed E-state index contributed by atoms with van der Waals surface area (Å²) in [6.45, 7) is 1.82. The van der Waals surface area contributed by atoms with E-state index in [9.17, 15) is 13.2 Å². The summed E-state index contributed by atoms with van der Waals surface area (Å²) in [6, 6.07) is 1.28. The Balaban J connectivity index is 2.21. The number of nitrogens with zero attached hydrogens (tertiary/aromatic N) is 1. The number of carboxylic acids is 1. The fraction of sp³-hybridized carbons (Fsp3) is 0.200. The van der Waals surface area contributed by atoms with Crippen molar-refractivity contribution in [1.82, 2.24) is 14.9 Å². The van der Waals surface area contributed by atoms with Gasteiger partial charge >= 0.3 is 5.97 Å². The monoisotopic (exact) mass is 301 g/mol. The fourth-order valence-electron chi connectivity index (χ4n) is 1.47. The molecule has 0 fully saturated rings. The zero-order valence-electron chi connectivity index (χ0n) is 9.87. The van der Waals surface area contributed by atoms with Gasteiger partial charge in [0, 0.05) is 17.8 Å². The summed E-state index contributed by atoms with van der Waals surface area (Å²) in [5.41, 5.74) is 1.46. The van der Waals surface area contributed by atoms with Gasteiger partial charge in [-0.2, -0.15) is 5.10 Å². The Bertz CT molecular complexity index is 702. The number of aromatic carboxylic acids is 1. The number of carbonyl (C=O) groups is 1. The molecule has 0 saturated heterocycles. The highest BCUT2D eigenvalue weighted by atomic mass is 32.2. The first kappa shape index (κ1) is 13.7. The van der Waals surface area contributed by atoms with Crippen molar-refractivity contribution in [3.8, 4) is 0 Å². The highest BCUT2D eigenvalue weighted by Gasteiger charge is 2.23. The largest absolute Gasteiger partial charge is 0.477 e. The van der Waals surface area contributed by atoms with E-state index in [0.29, 0.717) is 5.56 Å². The Kier molecular flexibility index (Phi) is 3.69. The quantitative estimate of drug-likeness (QED) is 0.761. The molecule has 0 bridgehead atoms. The second kappa shape index (κ2) is 5.11. The van der Waals surface area contributed by atoms with Crippen LogP contribution in [0.15, 0.2) is 22.5 Å². The van der Waals surface area contributed by atoms with Gasteiger partial charge in [-0.1, -0.05) is 0 Å². The summed E-state index contributed by atoms with van der Waals surface area (Å²) in [4.78, 5) is 10.5. The number of aryl methyl sites for hydroxylation is 1. The molecule has 0 aliphatic rings. The minimum Gasteiger partial charge on any atom is -0.477 e. The van der Waals surface area contributed by atoms with Gasteiger partial charge in [0.2, 0.25) is 10.0 Å². The van der Waals surface area contributed by atoms with E-state index in [2.05, 4.69) is 14.9 Å². The zero-order valence-corrected chi connectivity index (χ0v) is 11.5. The SMILES string of the molecule is Cc1[nH]ncc1CNS(=O)(=O)c1ccsc1C(=O)O. The summed E-state index contributed by atoms with van der Waals surface area (Å²) in [7, 11) is -3.85. The maximum atomic E-state index is 12.0. The molecule has 0 saturated carbocycles. The Morgan fingerprint density at radius 2 is 2.32 bits per heavy atom. The summed E-state index contributed by atoms with van der Waals surface area (Å²) in [5, 5.41) is 16.8. The van der Waals surface area contributed by atoms with Crippen molar-refractivity contribution in [3.05, 3.63) is 33.8 Å². The molecule has 0 amide bonds. The number of rotatable bonds is 5. The van der Waals surface area contributed by atoms with Gasteiger partial charge in [-0.3, -0.25) is 5.10 Å². The molecule has 2 aromatic heterocycles. The molecule has 7 nitrogen and oxygen atoms in total. The first-order valence-corrected chi connectivity index (χ1v) is 7.57. The van der Waals surface area contributed by atoms with Crippen LogP contribution in [0.1, 0.15) is 20.9 Å². The summed E-state index contributed by atoms with van der Waals surface area (Å²) in [6.07, 6.45) is 1.52. The van der Waals surface area contributed by atoms with Crippen LogP contribution in [0.3, 0.4) is 0 Å². The van der Waals surface area contributed by atoms with Crippen LogP contribution < -0.4 is 4.72 Å². The van der Waals surface area contributed by atoms with Gasteiger partial charge in [0.05, 0.1) is 6.20 Å². The number of thiophene rings is 1. The second-order valence-electron chi connectivity index (χ2n) is 3.76. The first-order valence-electron chi connectivity index (χ1n) is 5.21. The van der Waals surface area contributed by atoms with Gasteiger partial charge in [0.1, 0.15) is 9.77 Å². The molecule has 0 unspecified atom stereocenters. The Hall–Kier alpha value is -1.71. The Labute approximate surface area is 113 Å². The molecule has 0 aliphatic carbocycles. The number of hydrogen-bond donors (Lipinski definition) is 3. The van der Waals surface area contributed by atoms with E-state index < -0.39 is 16.0 Å². The van der Waals surface area contributed by atoms with Gasteiger partial charge in [-0.05, 0) is 18.4 Å². The standard InChI is InChI=1S/C10H11N3O4S2/c1-6-7(4-11-13-6)5-12-19(16,17)8-2-3-18-9(8)10(14)15/h2-4,12H,5H2,1H3,(H,11,13)(H,14,15). The number of aromatic nitrogens is 2. The molecule has 0 spiro atoms. The molecule has 2 rings (SSSR count). The average molecular weight is 301 g/mol. The fourth-order valence-corrected chi connectivity index (χ4v) is 3.73. The van der Waals surface area contributed by atoms with Gasteiger partial charge in [0.15, 0.2) is 0 Å². The molecular formula is C10H11N3O4S2. The molecule has 102 valence electrons. The number of nitrogens with one attached hydrogen (secondary N) is 2. The molecule has 0 aromatic carbocycles. The lowest BCUT2D eigenvalue weighted by atomic mass is 10.3. The smallest absolute Gasteiger partial charge is 0.347 e. The van der Waals surface area contributed by atoms with Crippen LogP contribution in [-0.4, -0.2) is 29.7 Å². The minimum atomic E-state index is -3.85. The normalized spacial score (nSPS) is 11.6. The number of carboxylic acid groups (broad SMARTS) is 1. The summed E-state index contributed by atoms with van der Waals surface area (Å²) >= 11 is 0.874. The Morgan fingerprint density at radius 3 is 2.89 bits per heavy atom. The summed E-state index contributed by atoms with van der Waals surface area (Å²) < 4.78 is 26.4. The van der Waals surface area contributed by atoms with Gasteiger partial charge in [0.25, 0.3) is 0 Å². The van der Waals surface area contributed by atoms with E-state index in [0.717, 1.165) is 17.0 Å². The average Bonchev–Trinajstić information content (AvgIpc) is 2.95.